The van der Waals surface area contributed by atoms with Gasteiger partial charge in [-0.15, -0.1) is 0 Å². The van der Waals surface area contributed by atoms with E-state index >= 15 is 0 Å². The van der Waals surface area contributed by atoms with Crippen molar-refractivity contribution in [3.63, 3.8) is 0 Å². The number of nitrogens with one attached hydrogen (secondary N) is 1. The normalized spacial score (nSPS) is 19.5. The van der Waals surface area contributed by atoms with Crippen LogP contribution in [0.5, 0.6) is 0 Å². The minimum atomic E-state index is -0.267. The smallest absolute Gasteiger partial charge is 0.305 e. The molecule has 0 spiro atoms. The number of likely N-dealkylation sites (tertiary alicyclic amines) is 1. The molecule has 1 amide bonds. The molecule has 2 aliphatic carbocycles. The highest BCUT2D eigenvalue weighted by molar-refractivity contribution is 9.11. The molecule has 1 N–H and O–H groups in total. The van der Waals surface area contributed by atoms with Crippen LogP contribution < -0.4 is 5.32 Å². The van der Waals surface area contributed by atoms with Gasteiger partial charge in [0.15, 0.2) is 0 Å². The summed E-state index contributed by atoms with van der Waals surface area (Å²) in [7, 11) is 1.37. The second-order valence-corrected chi connectivity index (χ2v) is 19.9. The molecule has 4 heterocycles. The van der Waals surface area contributed by atoms with Crippen LogP contribution in [0.2, 0.25) is 10.0 Å². The number of ether oxygens (including phenoxy) is 1. The Balaban J connectivity index is 0.000000183. The zero-order valence-corrected chi connectivity index (χ0v) is 39.7. The summed E-state index contributed by atoms with van der Waals surface area (Å²) >= 11 is 27.5. The lowest BCUT2D eigenvalue weighted by atomic mass is 9.76. The number of rotatable bonds is 6. The van der Waals surface area contributed by atoms with Gasteiger partial charge >= 0.3 is 5.97 Å². The molecule has 302 valence electrons. The van der Waals surface area contributed by atoms with Crippen molar-refractivity contribution < 1.29 is 14.3 Å². The van der Waals surface area contributed by atoms with Crippen molar-refractivity contribution >= 4 is 98.8 Å². The first-order valence-electron chi connectivity index (χ1n) is 19.8. The SMILES string of the molecule is COC(=O)CCCC(=O)N1CCC([C@H]2c3ncc(Br)cc3CCc3cc(Cl)cc(Br)c32)CC1.Clc1cc(Br)c2c(c1)CCc1cc(Br)cnc1C2C1CCNCC1. The zero-order valence-electron chi connectivity index (χ0n) is 31.9. The molecule has 2 fully saturated rings. The lowest BCUT2D eigenvalue weighted by molar-refractivity contribution is -0.141. The van der Waals surface area contributed by atoms with E-state index in [0.717, 1.165) is 98.3 Å². The Bertz CT molecular complexity index is 2120. The summed E-state index contributed by atoms with van der Waals surface area (Å²) in [4.78, 5) is 35.7. The van der Waals surface area contributed by atoms with Gasteiger partial charge in [-0.25, -0.2) is 0 Å². The maximum Gasteiger partial charge on any atom is 0.305 e. The minimum Gasteiger partial charge on any atom is -0.469 e. The molecular weight excluding hydrogens is 1020 g/mol. The van der Waals surface area contributed by atoms with E-state index < -0.39 is 0 Å². The predicted octanol–water partition coefficient (Wildman–Crippen LogP) is 11.6. The summed E-state index contributed by atoms with van der Waals surface area (Å²) in [5, 5.41) is 5.04. The molecule has 2 aromatic carbocycles. The van der Waals surface area contributed by atoms with Gasteiger partial charge in [0.2, 0.25) is 5.91 Å². The Kier molecular flexibility index (Phi) is 14.9. The molecule has 2 saturated heterocycles. The van der Waals surface area contributed by atoms with Crippen LogP contribution in [0.15, 0.2) is 66.7 Å². The Morgan fingerprint density at radius 2 is 1.18 bits per heavy atom. The number of hydrogen-bond donors (Lipinski definition) is 1. The van der Waals surface area contributed by atoms with Gasteiger partial charge in [0.05, 0.1) is 18.5 Å². The number of pyridine rings is 2. The van der Waals surface area contributed by atoms with E-state index in [1.807, 2.05) is 29.4 Å². The fraction of sp³-hybridized carbons (Fsp3) is 0.455. The molecule has 4 aromatic rings. The second kappa shape index (κ2) is 19.7. The number of fused-ring (bicyclic) bond motifs is 4. The highest BCUT2D eigenvalue weighted by Gasteiger charge is 2.37. The molecule has 4 aliphatic rings. The van der Waals surface area contributed by atoms with Gasteiger partial charge < -0.3 is 15.0 Å². The maximum atomic E-state index is 12.7. The molecule has 13 heteroatoms. The van der Waals surface area contributed by atoms with Crippen molar-refractivity contribution in [1.29, 1.82) is 0 Å². The van der Waals surface area contributed by atoms with Crippen molar-refractivity contribution in [3.05, 3.63) is 121 Å². The molecule has 0 bridgehead atoms. The lowest BCUT2D eigenvalue weighted by Crippen LogP contribution is -2.40. The summed E-state index contributed by atoms with van der Waals surface area (Å²) in [5.74, 6) is 1.36. The zero-order chi connectivity index (χ0) is 40.2. The number of carbonyl (C=O) groups excluding carboxylic acids is 2. The number of carbonyl (C=O) groups is 2. The maximum absolute atomic E-state index is 12.7. The van der Waals surface area contributed by atoms with E-state index in [9.17, 15) is 9.59 Å². The fourth-order valence-corrected chi connectivity index (χ4v) is 12.4. The van der Waals surface area contributed by atoms with Crippen LogP contribution >= 0.6 is 86.9 Å². The van der Waals surface area contributed by atoms with Gasteiger partial charge in [0.25, 0.3) is 0 Å². The Hall–Kier alpha value is -1.86. The molecule has 2 aromatic heterocycles. The number of methoxy groups -OCH3 is 1. The summed E-state index contributed by atoms with van der Waals surface area (Å²) in [6.45, 7) is 3.64. The molecule has 0 saturated carbocycles. The number of piperidine rings is 2. The number of esters is 1. The fourth-order valence-electron chi connectivity index (χ4n) is 9.36. The van der Waals surface area contributed by atoms with Crippen molar-refractivity contribution in [2.45, 2.75) is 82.5 Å². The van der Waals surface area contributed by atoms with E-state index in [2.05, 4.69) is 98.0 Å². The number of halogens is 6. The molecule has 7 nitrogen and oxygen atoms in total. The number of hydrogen-bond acceptors (Lipinski definition) is 6. The van der Waals surface area contributed by atoms with Gasteiger partial charge in [-0.3, -0.25) is 19.6 Å². The van der Waals surface area contributed by atoms with Crippen LogP contribution in [0.4, 0.5) is 0 Å². The van der Waals surface area contributed by atoms with E-state index in [1.165, 1.54) is 59.0 Å². The van der Waals surface area contributed by atoms with Crippen molar-refractivity contribution in [2.75, 3.05) is 33.3 Å². The van der Waals surface area contributed by atoms with E-state index in [-0.39, 0.29) is 24.2 Å². The Labute approximate surface area is 379 Å². The van der Waals surface area contributed by atoms with Crippen LogP contribution in [0, 0.1) is 11.8 Å². The molecule has 1 unspecified atom stereocenters. The number of benzene rings is 2. The number of aromatic nitrogens is 2. The quantitative estimate of drug-likeness (QED) is 0.194. The third-order valence-electron chi connectivity index (χ3n) is 12.1. The monoisotopic (exact) mass is 1060 g/mol. The van der Waals surface area contributed by atoms with Crippen LogP contribution in [0.1, 0.15) is 102 Å². The van der Waals surface area contributed by atoms with E-state index in [0.29, 0.717) is 30.6 Å². The van der Waals surface area contributed by atoms with Crippen LogP contribution in [0.25, 0.3) is 0 Å². The molecule has 2 atom stereocenters. The van der Waals surface area contributed by atoms with Crippen LogP contribution in [0.3, 0.4) is 0 Å². The van der Waals surface area contributed by atoms with E-state index in [1.54, 1.807) is 0 Å². The first-order chi connectivity index (χ1) is 27.5. The average Bonchev–Trinajstić information content (AvgIpc) is 3.46. The second-order valence-electron chi connectivity index (χ2n) is 15.5. The molecule has 0 radical (unpaired) electrons. The van der Waals surface area contributed by atoms with Gasteiger partial charge in [0, 0.05) is 78.1 Å². The van der Waals surface area contributed by atoms with Gasteiger partial charge in [-0.05, 0) is 184 Å². The standard InChI is InChI=1S/C25H27Br2ClN2O3.C19H19Br2ClN2/c1-33-22(32)4-2-3-21(31)30-9-7-15(8-10-30)24-23-16(12-19(28)13-20(23)27)5-6-17-11-18(26)14-29-25(17)24;20-14-7-13-2-1-12-8-15(22)9-16(21)17(12)18(19(13)24-10-14)11-3-5-23-6-4-11/h11-15,24H,2-10H2,1H3;7-11,18,23H,1-6H2/t24-;/m1./s1. The minimum absolute atomic E-state index is 0.119. The summed E-state index contributed by atoms with van der Waals surface area (Å²) < 4.78 is 8.89. The Morgan fingerprint density at radius 1 is 0.702 bits per heavy atom. The van der Waals surface area contributed by atoms with Crippen LogP contribution in [-0.2, 0) is 40.0 Å². The number of amides is 1. The molecule has 2 aliphatic heterocycles. The van der Waals surface area contributed by atoms with Crippen molar-refractivity contribution in [1.82, 2.24) is 20.2 Å². The summed E-state index contributed by atoms with van der Waals surface area (Å²) in [6.07, 6.45) is 13.1. The summed E-state index contributed by atoms with van der Waals surface area (Å²) in [6, 6.07) is 12.7. The van der Waals surface area contributed by atoms with Gasteiger partial charge in [-0.1, -0.05) is 55.1 Å². The topological polar surface area (TPSA) is 84.4 Å². The number of aryl methyl sites for hydroxylation is 4. The Morgan fingerprint density at radius 3 is 1.67 bits per heavy atom. The highest BCUT2D eigenvalue weighted by atomic mass is 79.9. The first kappa shape index (κ1) is 43.2. The summed E-state index contributed by atoms with van der Waals surface area (Å²) in [5.41, 5.74) is 10.4. The van der Waals surface area contributed by atoms with Gasteiger partial charge in [0.1, 0.15) is 0 Å². The molecular formula is C44H46Br4Cl2N4O3. The van der Waals surface area contributed by atoms with Crippen molar-refractivity contribution in [3.8, 4) is 0 Å². The lowest BCUT2D eigenvalue weighted by Gasteiger charge is -2.37. The molecule has 8 rings (SSSR count). The average molecular weight is 1070 g/mol. The van der Waals surface area contributed by atoms with Crippen LogP contribution in [-0.4, -0.2) is 60.0 Å². The molecule has 57 heavy (non-hydrogen) atoms. The first-order valence-corrected chi connectivity index (χ1v) is 23.7. The third-order valence-corrected chi connectivity index (χ3v) is 14.7. The number of nitrogens with zero attached hydrogens (tertiary/aromatic N) is 3. The third kappa shape index (κ3) is 10.2. The van der Waals surface area contributed by atoms with Crippen molar-refractivity contribution in [2.24, 2.45) is 11.8 Å². The largest absolute Gasteiger partial charge is 0.469 e. The van der Waals surface area contributed by atoms with E-state index in [4.69, 9.17) is 33.2 Å². The van der Waals surface area contributed by atoms with Gasteiger partial charge in [-0.2, -0.15) is 0 Å². The predicted molar refractivity (Wildman–Crippen MR) is 241 cm³/mol. The highest BCUT2D eigenvalue weighted by Crippen LogP contribution is 2.47.